The van der Waals surface area contributed by atoms with E-state index in [2.05, 4.69) is 28.5 Å². The summed E-state index contributed by atoms with van der Waals surface area (Å²) in [7, 11) is 0. The molecule has 2 rings (SSSR count). The highest BCUT2D eigenvalue weighted by atomic mass is 32.1. The molecule has 0 spiro atoms. The van der Waals surface area contributed by atoms with E-state index in [1.807, 2.05) is 0 Å². The van der Waals surface area contributed by atoms with E-state index in [0.717, 1.165) is 13.1 Å². The van der Waals surface area contributed by atoms with Gasteiger partial charge in [0.05, 0.1) is 5.69 Å². The third kappa shape index (κ3) is 1.19. The van der Waals surface area contributed by atoms with Crippen LogP contribution in [-0.4, -0.2) is 15.3 Å². The van der Waals surface area contributed by atoms with Crippen molar-refractivity contribution in [3.63, 3.8) is 0 Å². The average Bonchev–Trinajstić information content (AvgIpc) is 2.40. The molecule has 11 heavy (non-hydrogen) atoms. The predicted octanol–water partition coefficient (Wildman–Crippen LogP) is 1.87. The van der Waals surface area contributed by atoms with E-state index >= 15 is 0 Å². The molecule has 60 valence electrons. The Morgan fingerprint density at radius 2 is 2.36 bits per heavy atom. The molecule has 0 saturated carbocycles. The van der Waals surface area contributed by atoms with Crippen LogP contribution in [0.15, 0.2) is 5.38 Å². The molecule has 0 atom stereocenters. The van der Waals surface area contributed by atoms with Crippen LogP contribution in [0, 0.1) is 0 Å². The Kier molecular flexibility index (Phi) is 1.69. The van der Waals surface area contributed by atoms with Gasteiger partial charge in [0.2, 0.25) is 0 Å². The number of fused-ring (bicyclic) bond motifs is 1. The Bertz CT molecular complexity index is 234. The lowest BCUT2D eigenvalue weighted by atomic mass is 10.3. The molecule has 0 saturated heterocycles. The van der Waals surface area contributed by atoms with Crippen molar-refractivity contribution in [2.45, 2.75) is 33.0 Å². The van der Waals surface area contributed by atoms with Crippen molar-refractivity contribution in [3.05, 3.63) is 16.6 Å². The fraction of sp³-hybridized carbons (Fsp3) is 0.625. The molecule has 1 aromatic heterocycles. The second kappa shape index (κ2) is 2.57. The molecule has 2 nitrogen and oxygen atoms in total. The molecule has 0 N–H and O–H groups in total. The number of hydrogen-bond acceptors (Lipinski definition) is 3. The van der Waals surface area contributed by atoms with Crippen LogP contribution in [0.5, 0.6) is 0 Å². The zero-order valence-corrected chi connectivity index (χ0v) is 7.69. The maximum Gasteiger partial charge on any atom is 0.0727 e. The fourth-order valence-electron chi connectivity index (χ4n) is 1.37. The van der Waals surface area contributed by atoms with E-state index in [4.69, 9.17) is 0 Å². The average molecular weight is 168 g/mol. The van der Waals surface area contributed by atoms with Gasteiger partial charge in [0.1, 0.15) is 0 Å². The molecule has 0 fully saturated rings. The summed E-state index contributed by atoms with van der Waals surface area (Å²) in [5.74, 6) is 0. The van der Waals surface area contributed by atoms with Gasteiger partial charge in [0, 0.05) is 30.1 Å². The second-order valence-corrected chi connectivity index (χ2v) is 3.91. The molecule has 1 aliphatic rings. The van der Waals surface area contributed by atoms with Crippen molar-refractivity contribution >= 4 is 11.5 Å². The van der Waals surface area contributed by atoms with Crippen molar-refractivity contribution < 1.29 is 0 Å². The van der Waals surface area contributed by atoms with Gasteiger partial charge < -0.3 is 0 Å². The topological polar surface area (TPSA) is 16.1 Å². The highest BCUT2D eigenvalue weighted by Gasteiger charge is 2.22. The summed E-state index contributed by atoms with van der Waals surface area (Å²) in [5, 5.41) is 2.16. The van der Waals surface area contributed by atoms with Crippen LogP contribution in [0.2, 0.25) is 0 Å². The summed E-state index contributed by atoms with van der Waals surface area (Å²) in [6, 6.07) is 0.647. The number of aromatic nitrogens is 1. The summed E-state index contributed by atoms with van der Waals surface area (Å²) in [5.41, 5.74) is 2.73. The Morgan fingerprint density at radius 3 is 3.00 bits per heavy atom. The summed E-state index contributed by atoms with van der Waals surface area (Å²) in [4.78, 5) is 2.43. The zero-order valence-electron chi connectivity index (χ0n) is 6.87. The molecule has 2 heterocycles. The molecule has 0 amide bonds. The van der Waals surface area contributed by atoms with Gasteiger partial charge in [-0.2, -0.15) is 4.37 Å². The molecule has 3 heteroatoms. The monoisotopic (exact) mass is 168 g/mol. The van der Waals surface area contributed by atoms with Gasteiger partial charge in [-0.15, -0.1) is 0 Å². The van der Waals surface area contributed by atoms with Gasteiger partial charge in [-0.1, -0.05) is 0 Å². The molecule has 0 radical (unpaired) electrons. The molecule has 1 aromatic rings. The summed E-state index contributed by atoms with van der Waals surface area (Å²) in [6.07, 6.45) is 0. The van der Waals surface area contributed by atoms with E-state index in [1.54, 1.807) is 11.5 Å². The SMILES string of the molecule is CC(C)N1Cc2csnc2C1. The van der Waals surface area contributed by atoms with E-state index in [0.29, 0.717) is 6.04 Å². The Hall–Kier alpha value is -0.410. The smallest absolute Gasteiger partial charge is 0.0727 e. The van der Waals surface area contributed by atoms with Crippen molar-refractivity contribution in [2.24, 2.45) is 0 Å². The Labute approximate surface area is 71.0 Å². The van der Waals surface area contributed by atoms with Crippen LogP contribution >= 0.6 is 11.5 Å². The van der Waals surface area contributed by atoms with Crippen LogP contribution in [0.3, 0.4) is 0 Å². The van der Waals surface area contributed by atoms with Crippen molar-refractivity contribution in [3.8, 4) is 0 Å². The van der Waals surface area contributed by atoms with E-state index in [1.165, 1.54) is 11.3 Å². The quantitative estimate of drug-likeness (QED) is 0.636. The third-order valence-electron chi connectivity index (χ3n) is 2.19. The first kappa shape index (κ1) is 7.25. The molecule has 1 aliphatic heterocycles. The first-order valence-electron chi connectivity index (χ1n) is 3.93. The Morgan fingerprint density at radius 1 is 1.55 bits per heavy atom. The van der Waals surface area contributed by atoms with Crippen molar-refractivity contribution in [2.75, 3.05) is 0 Å². The molecule has 0 bridgehead atoms. The van der Waals surface area contributed by atoms with Crippen LogP contribution in [-0.2, 0) is 13.1 Å². The van der Waals surface area contributed by atoms with Crippen LogP contribution in [0.4, 0.5) is 0 Å². The van der Waals surface area contributed by atoms with Crippen LogP contribution in [0.25, 0.3) is 0 Å². The first-order chi connectivity index (χ1) is 5.27. The minimum atomic E-state index is 0.647. The second-order valence-electron chi connectivity index (χ2n) is 3.29. The van der Waals surface area contributed by atoms with Gasteiger partial charge in [-0.3, -0.25) is 4.90 Å². The van der Waals surface area contributed by atoms with Gasteiger partial charge in [-0.05, 0) is 25.4 Å². The highest BCUT2D eigenvalue weighted by molar-refractivity contribution is 7.03. The number of hydrogen-bond donors (Lipinski definition) is 0. The van der Waals surface area contributed by atoms with Crippen molar-refractivity contribution in [1.82, 2.24) is 9.27 Å². The molecule has 0 aliphatic carbocycles. The van der Waals surface area contributed by atoms with Crippen molar-refractivity contribution in [1.29, 1.82) is 0 Å². The maximum absolute atomic E-state index is 4.33. The predicted molar refractivity (Wildman–Crippen MR) is 46.5 cm³/mol. The van der Waals surface area contributed by atoms with E-state index < -0.39 is 0 Å². The Balaban J connectivity index is 2.16. The maximum atomic E-state index is 4.33. The van der Waals surface area contributed by atoms with Gasteiger partial charge in [-0.25, -0.2) is 0 Å². The molecule has 0 aromatic carbocycles. The van der Waals surface area contributed by atoms with Crippen LogP contribution in [0.1, 0.15) is 25.1 Å². The van der Waals surface area contributed by atoms with E-state index in [-0.39, 0.29) is 0 Å². The lowest BCUT2D eigenvalue weighted by Gasteiger charge is -2.18. The molecular formula is C8H12N2S. The lowest BCUT2D eigenvalue weighted by Crippen LogP contribution is -2.24. The summed E-state index contributed by atoms with van der Waals surface area (Å²) < 4.78 is 4.33. The number of nitrogens with zero attached hydrogens (tertiary/aromatic N) is 2. The van der Waals surface area contributed by atoms with Gasteiger partial charge in [0.15, 0.2) is 0 Å². The van der Waals surface area contributed by atoms with Crippen LogP contribution < -0.4 is 0 Å². The minimum absolute atomic E-state index is 0.647. The summed E-state index contributed by atoms with van der Waals surface area (Å²) >= 11 is 1.58. The molecular weight excluding hydrogens is 156 g/mol. The summed E-state index contributed by atoms with van der Waals surface area (Å²) in [6.45, 7) is 6.62. The zero-order chi connectivity index (χ0) is 7.84. The van der Waals surface area contributed by atoms with Gasteiger partial charge >= 0.3 is 0 Å². The number of rotatable bonds is 1. The van der Waals surface area contributed by atoms with Gasteiger partial charge in [0.25, 0.3) is 0 Å². The largest absolute Gasteiger partial charge is 0.291 e. The lowest BCUT2D eigenvalue weighted by molar-refractivity contribution is 0.226. The fourth-order valence-corrected chi connectivity index (χ4v) is 2.06. The highest BCUT2D eigenvalue weighted by Crippen LogP contribution is 2.24. The third-order valence-corrected chi connectivity index (χ3v) is 2.90. The van der Waals surface area contributed by atoms with E-state index in [9.17, 15) is 0 Å². The molecule has 0 unspecified atom stereocenters. The first-order valence-corrected chi connectivity index (χ1v) is 4.77. The minimum Gasteiger partial charge on any atom is -0.291 e. The standard InChI is InChI=1S/C8H12N2S/c1-6(2)10-3-7-5-11-9-8(7)4-10/h5-6H,3-4H2,1-2H3. The normalized spacial score (nSPS) is 17.7.